The summed E-state index contributed by atoms with van der Waals surface area (Å²) in [7, 11) is 1.91. The minimum atomic E-state index is -0.420. The third-order valence-corrected chi connectivity index (χ3v) is 5.71. The molecule has 1 aromatic heterocycles. The van der Waals surface area contributed by atoms with Gasteiger partial charge >= 0.3 is 0 Å². The first-order valence-corrected chi connectivity index (χ1v) is 8.65. The van der Waals surface area contributed by atoms with Crippen LogP contribution in [0.3, 0.4) is 0 Å². The normalized spacial score (nSPS) is 27.6. The van der Waals surface area contributed by atoms with E-state index in [0.717, 1.165) is 43.7 Å². The number of aryl methyl sites for hydroxylation is 2. The smallest absolute Gasteiger partial charge is 0.0986 e. The predicted molar refractivity (Wildman–Crippen MR) is 80.9 cm³/mol. The van der Waals surface area contributed by atoms with Crippen molar-refractivity contribution in [3.8, 4) is 0 Å². The number of ether oxygens (including phenoxy) is 1. The van der Waals surface area contributed by atoms with Crippen LogP contribution in [0.1, 0.15) is 43.2 Å². The fraction of sp³-hybridized carbons (Fsp3) is 0.800. The second kappa shape index (κ2) is 5.70. The Bertz CT molecular complexity index is 463. The summed E-state index contributed by atoms with van der Waals surface area (Å²) in [5.41, 5.74) is 1.94. The number of hydrogen-bond donors (Lipinski definition) is 1. The maximum absolute atomic E-state index is 10.7. The molecule has 2 aliphatic rings. The molecule has 4 nitrogen and oxygen atoms in total. The first kappa shape index (κ1) is 14.4. The third kappa shape index (κ3) is 2.76. The summed E-state index contributed by atoms with van der Waals surface area (Å²) in [6, 6.07) is 2.00. The number of nitrogens with zero attached hydrogens (tertiary/aromatic N) is 2. The van der Waals surface area contributed by atoms with Gasteiger partial charge < -0.3 is 9.84 Å². The molecule has 1 aromatic rings. The highest BCUT2D eigenvalue weighted by Crippen LogP contribution is 2.43. The minimum absolute atomic E-state index is 0.0305. The Balaban J connectivity index is 1.74. The highest BCUT2D eigenvalue weighted by Gasteiger charge is 2.41. The van der Waals surface area contributed by atoms with Crippen LogP contribution < -0.4 is 0 Å². The first-order valence-electron chi connectivity index (χ1n) is 7.50. The van der Waals surface area contributed by atoms with Gasteiger partial charge in [-0.15, -0.1) is 0 Å². The molecule has 0 bridgehead atoms. The number of aliphatic hydroxyl groups excluding tert-OH is 1. The molecule has 1 N–H and O–H groups in total. The van der Waals surface area contributed by atoms with E-state index in [-0.39, 0.29) is 5.60 Å². The highest BCUT2D eigenvalue weighted by atomic mass is 32.2. The predicted octanol–water partition coefficient (Wildman–Crippen LogP) is 2.45. The molecule has 20 heavy (non-hydrogen) atoms. The van der Waals surface area contributed by atoms with Gasteiger partial charge in [-0.1, -0.05) is 0 Å². The van der Waals surface area contributed by atoms with Crippen LogP contribution in [0.15, 0.2) is 6.07 Å². The van der Waals surface area contributed by atoms with Crippen molar-refractivity contribution in [2.24, 2.45) is 13.0 Å². The molecule has 2 unspecified atom stereocenters. The largest absolute Gasteiger partial charge is 0.387 e. The summed E-state index contributed by atoms with van der Waals surface area (Å²) < 4.78 is 7.93. The Morgan fingerprint density at radius 1 is 1.50 bits per heavy atom. The molecular formula is C15H24N2O2S. The van der Waals surface area contributed by atoms with Crippen LogP contribution in [0, 0.1) is 12.8 Å². The second-order valence-electron chi connectivity index (χ2n) is 6.18. The van der Waals surface area contributed by atoms with Crippen molar-refractivity contribution in [3.63, 3.8) is 0 Å². The maximum Gasteiger partial charge on any atom is 0.0986 e. The summed E-state index contributed by atoms with van der Waals surface area (Å²) in [4.78, 5) is 0. The monoisotopic (exact) mass is 296 g/mol. The van der Waals surface area contributed by atoms with Crippen molar-refractivity contribution in [3.05, 3.63) is 17.5 Å². The Morgan fingerprint density at radius 2 is 2.25 bits per heavy atom. The maximum atomic E-state index is 10.7. The van der Waals surface area contributed by atoms with Crippen LogP contribution in [0.2, 0.25) is 0 Å². The van der Waals surface area contributed by atoms with Crippen LogP contribution >= 0.6 is 11.8 Å². The summed E-state index contributed by atoms with van der Waals surface area (Å²) >= 11 is 2.02. The average Bonchev–Trinajstić information content (AvgIpc) is 2.78. The van der Waals surface area contributed by atoms with Gasteiger partial charge in [-0.2, -0.15) is 16.9 Å². The molecule has 112 valence electrons. The molecule has 2 saturated heterocycles. The van der Waals surface area contributed by atoms with Crippen molar-refractivity contribution in [2.45, 2.75) is 44.3 Å². The second-order valence-corrected chi connectivity index (χ2v) is 7.40. The van der Waals surface area contributed by atoms with E-state index >= 15 is 0 Å². The lowest BCUT2D eigenvalue weighted by atomic mass is 9.79. The van der Waals surface area contributed by atoms with Gasteiger partial charge in [-0.25, -0.2) is 0 Å². The standard InChI is InChI=1S/C15H24N2O2S/c1-11-9-13(17(2)16-11)14(18)12-3-6-19-15(10-12)4-7-20-8-5-15/h9,12,14,18H,3-8,10H2,1-2H3. The summed E-state index contributed by atoms with van der Waals surface area (Å²) in [5.74, 6) is 2.67. The number of rotatable bonds is 2. The number of hydrogen-bond acceptors (Lipinski definition) is 4. The van der Waals surface area contributed by atoms with E-state index in [0.29, 0.717) is 5.92 Å². The van der Waals surface area contributed by atoms with Crippen molar-refractivity contribution < 1.29 is 9.84 Å². The number of thioether (sulfide) groups is 1. The minimum Gasteiger partial charge on any atom is -0.387 e. The fourth-order valence-corrected chi connectivity index (χ4v) is 4.81. The highest BCUT2D eigenvalue weighted by molar-refractivity contribution is 7.99. The van der Waals surface area contributed by atoms with E-state index in [4.69, 9.17) is 4.74 Å². The van der Waals surface area contributed by atoms with Crippen molar-refractivity contribution in [1.82, 2.24) is 9.78 Å². The van der Waals surface area contributed by atoms with Crippen LogP contribution in [0.5, 0.6) is 0 Å². The van der Waals surface area contributed by atoms with Crippen LogP contribution in [-0.4, -0.2) is 38.6 Å². The van der Waals surface area contributed by atoms with E-state index in [1.54, 1.807) is 0 Å². The van der Waals surface area contributed by atoms with Gasteiger partial charge in [-0.05, 0) is 56.1 Å². The lowest BCUT2D eigenvalue weighted by Gasteiger charge is -2.44. The van der Waals surface area contributed by atoms with Crippen molar-refractivity contribution >= 4 is 11.8 Å². The van der Waals surface area contributed by atoms with Crippen LogP contribution in [0.4, 0.5) is 0 Å². The van der Waals surface area contributed by atoms with Crippen molar-refractivity contribution in [1.29, 1.82) is 0 Å². The molecule has 2 aliphatic heterocycles. The Morgan fingerprint density at radius 3 is 2.90 bits per heavy atom. The van der Waals surface area contributed by atoms with Crippen LogP contribution in [0.25, 0.3) is 0 Å². The summed E-state index contributed by atoms with van der Waals surface area (Å²) in [6.07, 6.45) is 3.77. The molecule has 0 aromatic carbocycles. The Hall–Kier alpha value is -0.520. The lowest BCUT2D eigenvalue weighted by molar-refractivity contribution is -0.122. The molecule has 0 amide bonds. The summed E-state index contributed by atoms with van der Waals surface area (Å²) in [6.45, 7) is 2.75. The Kier molecular flexibility index (Phi) is 4.11. The quantitative estimate of drug-likeness (QED) is 0.910. The molecule has 0 saturated carbocycles. The van der Waals surface area contributed by atoms with E-state index in [2.05, 4.69) is 5.10 Å². The SMILES string of the molecule is Cc1cc(C(O)C2CCOC3(CCSCC3)C2)n(C)n1. The zero-order chi connectivity index (χ0) is 14.2. The van der Waals surface area contributed by atoms with E-state index < -0.39 is 6.10 Å². The molecule has 3 heterocycles. The summed E-state index contributed by atoms with van der Waals surface area (Å²) in [5, 5.41) is 15.1. The molecule has 1 spiro atoms. The van der Waals surface area contributed by atoms with Gasteiger partial charge in [0.15, 0.2) is 0 Å². The Labute approximate surface area is 124 Å². The van der Waals surface area contributed by atoms with Gasteiger partial charge in [-0.3, -0.25) is 4.68 Å². The first-order chi connectivity index (χ1) is 9.60. The molecule has 2 atom stereocenters. The van der Waals surface area contributed by atoms with Gasteiger partial charge in [0.05, 0.1) is 23.1 Å². The molecular weight excluding hydrogens is 272 g/mol. The van der Waals surface area contributed by atoms with E-state index in [1.165, 1.54) is 11.5 Å². The molecule has 0 radical (unpaired) electrons. The van der Waals surface area contributed by atoms with Gasteiger partial charge in [0.2, 0.25) is 0 Å². The molecule has 5 heteroatoms. The number of aliphatic hydroxyl groups is 1. The molecule has 0 aliphatic carbocycles. The van der Waals surface area contributed by atoms with Crippen molar-refractivity contribution in [2.75, 3.05) is 18.1 Å². The zero-order valence-electron chi connectivity index (χ0n) is 12.3. The molecule has 2 fully saturated rings. The lowest BCUT2D eigenvalue weighted by Crippen LogP contribution is -2.44. The third-order valence-electron chi connectivity index (χ3n) is 4.72. The van der Waals surface area contributed by atoms with Crippen LogP contribution in [-0.2, 0) is 11.8 Å². The average molecular weight is 296 g/mol. The fourth-order valence-electron chi connectivity index (χ4n) is 3.58. The van der Waals surface area contributed by atoms with E-state index in [9.17, 15) is 5.11 Å². The topological polar surface area (TPSA) is 47.3 Å². The van der Waals surface area contributed by atoms with Gasteiger partial charge in [0.25, 0.3) is 0 Å². The van der Waals surface area contributed by atoms with Gasteiger partial charge in [0, 0.05) is 13.7 Å². The molecule has 3 rings (SSSR count). The number of aromatic nitrogens is 2. The van der Waals surface area contributed by atoms with E-state index in [1.807, 2.05) is 36.5 Å². The zero-order valence-corrected chi connectivity index (χ0v) is 13.2. The van der Waals surface area contributed by atoms with Gasteiger partial charge in [0.1, 0.15) is 0 Å².